The van der Waals surface area contributed by atoms with Crippen LogP contribution >= 0.6 is 0 Å². The Hall–Kier alpha value is -2.62. The van der Waals surface area contributed by atoms with Crippen molar-refractivity contribution in [3.05, 3.63) is 75.9 Å². The van der Waals surface area contributed by atoms with Gasteiger partial charge in [0.15, 0.2) is 0 Å². The molecular formula is C18H15FO3. The fourth-order valence-corrected chi connectivity index (χ4v) is 2.77. The number of rotatable bonds is 3. The Balaban J connectivity index is 2.27. The molecule has 1 aromatic heterocycles. The van der Waals surface area contributed by atoms with Crippen LogP contribution in [0.15, 0.2) is 57.7 Å². The van der Waals surface area contributed by atoms with Crippen LogP contribution in [0.1, 0.15) is 30.4 Å². The number of fused-ring (bicyclic) bond motifs is 1. The van der Waals surface area contributed by atoms with Gasteiger partial charge in [-0.1, -0.05) is 37.3 Å². The molecule has 0 aliphatic carbocycles. The first-order valence-corrected chi connectivity index (χ1v) is 7.12. The first-order valence-electron chi connectivity index (χ1n) is 7.12. The van der Waals surface area contributed by atoms with Crippen LogP contribution < -0.4 is 5.63 Å². The maximum absolute atomic E-state index is 13.4. The SMILES string of the molecule is CCC(c1ccccc1)c1c(O)c2cc(F)ccc2oc1=O. The van der Waals surface area contributed by atoms with Crippen molar-refractivity contribution in [3.63, 3.8) is 0 Å². The summed E-state index contributed by atoms with van der Waals surface area (Å²) in [5.74, 6) is -0.998. The lowest BCUT2D eigenvalue weighted by molar-refractivity contribution is 0.449. The molecule has 3 aromatic rings. The van der Waals surface area contributed by atoms with Gasteiger partial charge in [0.05, 0.1) is 10.9 Å². The molecule has 2 aromatic carbocycles. The average molecular weight is 298 g/mol. The molecule has 0 spiro atoms. The Morgan fingerprint density at radius 1 is 1.18 bits per heavy atom. The van der Waals surface area contributed by atoms with E-state index in [0.717, 1.165) is 5.56 Å². The van der Waals surface area contributed by atoms with Gasteiger partial charge < -0.3 is 9.52 Å². The Labute approximate surface area is 126 Å². The summed E-state index contributed by atoms with van der Waals surface area (Å²) in [6.45, 7) is 1.92. The van der Waals surface area contributed by atoms with E-state index >= 15 is 0 Å². The molecule has 1 atom stereocenters. The molecule has 4 heteroatoms. The summed E-state index contributed by atoms with van der Waals surface area (Å²) in [6.07, 6.45) is 0.614. The summed E-state index contributed by atoms with van der Waals surface area (Å²) in [6, 6.07) is 13.1. The minimum absolute atomic E-state index is 0.173. The average Bonchev–Trinajstić information content (AvgIpc) is 2.53. The molecular weight excluding hydrogens is 283 g/mol. The van der Waals surface area contributed by atoms with Crippen LogP contribution in [0.3, 0.4) is 0 Å². The molecule has 1 N–H and O–H groups in total. The Morgan fingerprint density at radius 2 is 1.91 bits per heavy atom. The predicted molar refractivity (Wildman–Crippen MR) is 82.7 cm³/mol. The highest BCUT2D eigenvalue weighted by molar-refractivity contribution is 5.84. The lowest BCUT2D eigenvalue weighted by Crippen LogP contribution is -2.13. The Morgan fingerprint density at radius 3 is 2.59 bits per heavy atom. The maximum Gasteiger partial charge on any atom is 0.343 e. The van der Waals surface area contributed by atoms with Gasteiger partial charge in [-0.15, -0.1) is 0 Å². The second kappa shape index (κ2) is 5.64. The predicted octanol–water partition coefficient (Wildman–Crippen LogP) is 4.18. The van der Waals surface area contributed by atoms with E-state index in [2.05, 4.69) is 0 Å². The highest BCUT2D eigenvalue weighted by Crippen LogP contribution is 2.35. The zero-order valence-corrected chi connectivity index (χ0v) is 12.0. The smallest absolute Gasteiger partial charge is 0.343 e. The summed E-state index contributed by atoms with van der Waals surface area (Å²) >= 11 is 0. The molecule has 0 saturated heterocycles. The van der Waals surface area contributed by atoms with Gasteiger partial charge in [0, 0.05) is 5.92 Å². The number of aromatic hydroxyl groups is 1. The van der Waals surface area contributed by atoms with E-state index in [4.69, 9.17) is 4.42 Å². The molecule has 112 valence electrons. The molecule has 0 aliphatic rings. The fourth-order valence-electron chi connectivity index (χ4n) is 2.77. The molecule has 1 heterocycles. The van der Waals surface area contributed by atoms with Gasteiger partial charge in [-0.3, -0.25) is 0 Å². The van der Waals surface area contributed by atoms with Crippen molar-refractivity contribution in [2.75, 3.05) is 0 Å². The van der Waals surface area contributed by atoms with E-state index < -0.39 is 11.4 Å². The van der Waals surface area contributed by atoms with Crippen molar-refractivity contribution in [2.24, 2.45) is 0 Å². The summed E-state index contributed by atoms with van der Waals surface area (Å²) in [5.41, 5.74) is 0.665. The van der Waals surface area contributed by atoms with E-state index in [-0.39, 0.29) is 28.2 Å². The first-order chi connectivity index (χ1) is 10.6. The molecule has 3 nitrogen and oxygen atoms in total. The minimum atomic E-state index is -0.590. The monoisotopic (exact) mass is 298 g/mol. The first kappa shape index (κ1) is 14.3. The third-order valence-corrected chi connectivity index (χ3v) is 3.83. The largest absolute Gasteiger partial charge is 0.507 e. The Bertz CT molecular complexity index is 869. The summed E-state index contributed by atoms with van der Waals surface area (Å²) in [4.78, 5) is 12.3. The molecule has 3 rings (SSSR count). The van der Waals surface area contributed by atoms with Gasteiger partial charge in [0.25, 0.3) is 0 Å². The van der Waals surface area contributed by atoms with Crippen LogP contribution in [0, 0.1) is 5.82 Å². The van der Waals surface area contributed by atoms with Crippen LogP contribution in [0.5, 0.6) is 5.75 Å². The second-order valence-electron chi connectivity index (χ2n) is 5.16. The van der Waals surface area contributed by atoms with Gasteiger partial charge in [-0.25, -0.2) is 9.18 Å². The van der Waals surface area contributed by atoms with Crippen molar-refractivity contribution in [2.45, 2.75) is 19.3 Å². The van der Waals surface area contributed by atoms with Gasteiger partial charge in [-0.05, 0) is 30.2 Å². The van der Waals surface area contributed by atoms with Gasteiger partial charge in [0.2, 0.25) is 0 Å². The highest BCUT2D eigenvalue weighted by Gasteiger charge is 2.23. The van der Waals surface area contributed by atoms with Crippen molar-refractivity contribution >= 4 is 11.0 Å². The van der Waals surface area contributed by atoms with Crippen LogP contribution in [-0.4, -0.2) is 5.11 Å². The summed E-state index contributed by atoms with van der Waals surface area (Å²) < 4.78 is 18.7. The normalized spacial score (nSPS) is 12.5. The van der Waals surface area contributed by atoms with E-state index in [1.807, 2.05) is 37.3 Å². The van der Waals surface area contributed by atoms with Gasteiger partial charge in [0.1, 0.15) is 17.1 Å². The lowest BCUT2D eigenvalue weighted by atomic mass is 9.89. The molecule has 22 heavy (non-hydrogen) atoms. The van der Waals surface area contributed by atoms with Crippen molar-refractivity contribution in [1.82, 2.24) is 0 Å². The highest BCUT2D eigenvalue weighted by atomic mass is 19.1. The van der Waals surface area contributed by atoms with E-state index in [1.54, 1.807) is 0 Å². The molecule has 1 unspecified atom stereocenters. The van der Waals surface area contributed by atoms with Crippen LogP contribution in [0.25, 0.3) is 11.0 Å². The van der Waals surface area contributed by atoms with Gasteiger partial charge in [-0.2, -0.15) is 0 Å². The lowest BCUT2D eigenvalue weighted by Gasteiger charge is -2.16. The number of benzene rings is 2. The number of halogens is 1. The molecule has 0 bridgehead atoms. The van der Waals surface area contributed by atoms with Crippen molar-refractivity contribution < 1.29 is 13.9 Å². The van der Waals surface area contributed by atoms with Crippen LogP contribution in [-0.2, 0) is 0 Å². The fraction of sp³-hybridized carbons (Fsp3) is 0.167. The van der Waals surface area contributed by atoms with E-state index in [9.17, 15) is 14.3 Å². The van der Waals surface area contributed by atoms with E-state index in [1.165, 1.54) is 18.2 Å². The minimum Gasteiger partial charge on any atom is -0.507 e. The maximum atomic E-state index is 13.4. The molecule has 0 fully saturated rings. The third kappa shape index (κ3) is 2.37. The zero-order chi connectivity index (χ0) is 15.7. The number of hydrogen-bond donors (Lipinski definition) is 1. The number of hydrogen-bond acceptors (Lipinski definition) is 3. The second-order valence-corrected chi connectivity index (χ2v) is 5.16. The quantitative estimate of drug-likeness (QED) is 0.738. The zero-order valence-electron chi connectivity index (χ0n) is 12.0. The van der Waals surface area contributed by atoms with Gasteiger partial charge >= 0.3 is 5.63 Å². The summed E-state index contributed by atoms with van der Waals surface area (Å²) in [7, 11) is 0. The summed E-state index contributed by atoms with van der Waals surface area (Å²) in [5, 5.41) is 10.7. The van der Waals surface area contributed by atoms with Crippen LogP contribution in [0.2, 0.25) is 0 Å². The van der Waals surface area contributed by atoms with Crippen molar-refractivity contribution in [3.8, 4) is 5.75 Å². The third-order valence-electron chi connectivity index (χ3n) is 3.83. The van der Waals surface area contributed by atoms with Crippen molar-refractivity contribution in [1.29, 1.82) is 0 Å². The Kier molecular flexibility index (Phi) is 3.67. The standard InChI is InChI=1S/C18H15FO3/c1-2-13(11-6-4-3-5-7-11)16-17(20)14-10-12(19)8-9-15(14)22-18(16)21/h3-10,13,20H,2H2,1H3. The molecule has 0 radical (unpaired) electrons. The van der Waals surface area contributed by atoms with E-state index in [0.29, 0.717) is 6.42 Å². The molecule has 0 saturated carbocycles. The molecule has 0 amide bonds. The molecule has 0 aliphatic heterocycles. The topological polar surface area (TPSA) is 50.4 Å². The van der Waals surface area contributed by atoms with Crippen LogP contribution in [0.4, 0.5) is 4.39 Å².